The van der Waals surface area contributed by atoms with E-state index in [9.17, 15) is 5.11 Å². The molecule has 0 spiro atoms. The molecule has 2 heterocycles. The summed E-state index contributed by atoms with van der Waals surface area (Å²) in [6.45, 7) is 0. The predicted molar refractivity (Wildman–Crippen MR) is 79.6 cm³/mol. The molecule has 106 valence electrons. The van der Waals surface area contributed by atoms with Crippen LogP contribution in [0.3, 0.4) is 0 Å². The van der Waals surface area contributed by atoms with Crippen molar-refractivity contribution in [3.05, 3.63) is 53.3 Å². The maximum atomic E-state index is 9.31. The number of hydrogen-bond donors (Lipinski definition) is 1. The number of aromatic hydroxyl groups is 1. The van der Waals surface area contributed by atoms with Gasteiger partial charge in [0.1, 0.15) is 5.75 Å². The summed E-state index contributed by atoms with van der Waals surface area (Å²) < 4.78 is 1.61. The van der Waals surface area contributed by atoms with E-state index in [2.05, 4.69) is 20.5 Å². The van der Waals surface area contributed by atoms with Crippen LogP contribution in [0.5, 0.6) is 5.75 Å². The normalized spacial score (nSPS) is 10.7. The average molecular weight is 320 g/mol. The highest BCUT2D eigenvalue weighted by atomic mass is 35.5. The smallest absolute Gasteiger partial charge is 0.214 e. The van der Waals surface area contributed by atoms with Crippen LogP contribution in [0.15, 0.2) is 47.8 Å². The van der Waals surface area contributed by atoms with E-state index in [1.807, 2.05) is 6.07 Å². The molecule has 21 heavy (non-hydrogen) atoms. The highest BCUT2D eigenvalue weighted by Crippen LogP contribution is 2.23. The van der Waals surface area contributed by atoms with Gasteiger partial charge in [-0.15, -0.1) is 5.10 Å². The van der Waals surface area contributed by atoms with Crippen molar-refractivity contribution < 1.29 is 5.11 Å². The fourth-order valence-electron chi connectivity index (χ4n) is 1.69. The van der Waals surface area contributed by atoms with E-state index in [0.29, 0.717) is 15.9 Å². The van der Waals surface area contributed by atoms with Crippen LogP contribution in [0.4, 0.5) is 0 Å². The number of aromatic nitrogens is 5. The summed E-state index contributed by atoms with van der Waals surface area (Å²) in [5.41, 5.74) is 1.63. The molecule has 2 aromatic heterocycles. The summed E-state index contributed by atoms with van der Waals surface area (Å²) in [6.07, 6.45) is 1.67. The molecule has 6 nitrogen and oxygen atoms in total. The first kappa shape index (κ1) is 13.8. The molecule has 0 aliphatic rings. The SMILES string of the molecule is Oc1ccc(-n2nnnc2SCc2cc(Cl)ccn2)cc1. The largest absolute Gasteiger partial charge is 0.508 e. The Labute approximate surface area is 129 Å². The number of hydrogen-bond acceptors (Lipinski definition) is 6. The highest BCUT2D eigenvalue weighted by molar-refractivity contribution is 7.98. The molecule has 0 aliphatic heterocycles. The van der Waals surface area contributed by atoms with Crippen molar-refractivity contribution in [2.24, 2.45) is 0 Å². The second-order valence-corrected chi connectivity index (χ2v) is 5.52. The van der Waals surface area contributed by atoms with Gasteiger partial charge in [-0.2, -0.15) is 4.68 Å². The molecule has 1 N–H and O–H groups in total. The molecule has 0 bridgehead atoms. The number of phenols is 1. The van der Waals surface area contributed by atoms with Crippen molar-refractivity contribution >= 4 is 23.4 Å². The molecule has 0 saturated carbocycles. The van der Waals surface area contributed by atoms with Gasteiger partial charge in [-0.05, 0) is 46.8 Å². The molecule has 0 fully saturated rings. The maximum absolute atomic E-state index is 9.31. The monoisotopic (exact) mass is 319 g/mol. The third-order valence-electron chi connectivity index (χ3n) is 2.66. The summed E-state index contributed by atoms with van der Waals surface area (Å²) in [5.74, 6) is 0.808. The molecule has 3 aromatic rings. The van der Waals surface area contributed by atoms with Crippen LogP contribution in [-0.2, 0) is 5.75 Å². The highest BCUT2D eigenvalue weighted by Gasteiger charge is 2.09. The van der Waals surface area contributed by atoms with Crippen molar-refractivity contribution in [3.8, 4) is 11.4 Å². The van der Waals surface area contributed by atoms with Gasteiger partial charge in [0.05, 0.1) is 11.4 Å². The molecule has 0 aliphatic carbocycles. The van der Waals surface area contributed by atoms with Crippen LogP contribution in [0.25, 0.3) is 5.69 Å². The molecule has 1 aromatic carbocycles. The Balaban J connectivity index is 1.78. The lowest BCUT2D eigenvalue weighted by Crippen LogP contribution is -1.99. The lowest BCUT2D eigenvalue weighted by Gasteiger charge is -2.04. The maximum Gasteiger partial charge on any atom is 0.214 e. The predicted octanol–water partition coefficient (Wildman–Crippen LogP) is 2.71. The quantitative estimate of drug-likeness (QED) is 0.745. The first-order valence-electron chi connectivity index (χ1n) is 6.03. The summed E-state index contributed by atoms with van der Waals surface area (Å²) in [4.78, 5) is 4.24. The van der Waals surface area contributed by atoms with Crippen LogP contribution in [0, 0.1) is 0 Å². The molecule has 0 radical (unpaired) electrons. The van der Waals surface area contributed by atoms with Crippen LogP contribution >= 0.6 is 23.4 Å². The molecule has 0 saturated heterocycles. The van der Waals surface area contributed by atoms with E-state index in [-0.39, 0.29) is 5.75 Å². The third-order valence-corrected chi connectivity index (χ3v) is 3.85. The van der Waals surface area contributed by atoms with Gasteiger partial charge in [0, 0.05) is 17.0 Å². The van der Waals surface area contributed by atoms with E-state index >= 15 is 0 Å². The number of thioether (sulfide) groups is 1. The Kier molecular flexibility index (Phi) is 4.03. The fourth-order valence-corrected chi connectivity index (χ4v) is 2.67. The van der Waals surface area contributed by atoms with Crippen molar-refractivity contribution in [2.75, 3.05) is 0 Å². The minimum absolute atomic E-state index is 0.198. The van der Waals surface area contributed by atoms with E-state index < -0.39 is 0 Å². The first-order valence-corrected chi connectivity index (χ1v) is 7.40. The average Bonchev–Trinajstić information content (AvgIpc) is 2.94. The van der Waals surface area contributed by atoms with Crippen LogP contribution < -0.4 is 0 Å². The minimum atomic E-state index is 0.198. The number of rotatable bonds is 4. The van der Waals surface area contributed by atoms with E-state index in [4.69, 9.17) is 11.6 Å². The third kappa shape index (κ3) is 3.32. The van der Waals surface area contributed by atoms with E-state index in [1.54, 1.807) is 41.2 Å². The fraction of sp³-hybridized carbons (Fsp3) is 0.0769. The molecule has 0 amide bonds. The van der Waals surface area contributed by atoms with Gasteiger partial charge < -0.3 is 5.11 Å². The Bertz CT molecular complexity index is 746. The second kappa shape index (κ2) is 6.11. The Hall–Kier alpha value is -2.12. The molecule has 0 unspecified atom stereocenters. The topological polar surface area (TPSA) is 76.7 Å². The summed E-state index contributed by atoms with van der Waals surface area (Å²) in [7, 11) is 0. The van der Waals surface area contributed by atoms with Gasteiger partial charge in [-0.3, -0.25) is 4.98 Å². The second-order valence-electron chi connectivity index (χ2n) is 4.14. The number of halogens is 1. The Morgan fingerprint density at radius 2 is 2.00 bits per heavy atom. The van der Waals surface area contributed by atoms with Gasteiger partial charge in [0.2, 0.25) is 5.16 Å². The van der Waals surface area contributed by atoms with Crippen molar-refractivity contribution in [1.82, 2.24) is 25.2 Å². The minimum Gasteiger partial charge on any atom is -0.508 e. The summed E-state index contributed by atoms with van der Waals surface area (Å²) in [5, 5.41) is 22.2. The van der Waals surface area contributed by atoms with Crippen LogP contribution in [0.1, 0.15) is 5.69 Å². The van der Waals surface area contributed by atoms with Crippen molar-refractivity contribution in [3.63, 3.8) is 0 Å². The summed E-state index contributed by atoms with van der Waals surface area (Å²) >= 11 is 7.39. The molecular formula is C13H10ClN5OS. The number of benzene rings is 1. The van der Waals surface area contributed by atoms with Gasteiger partial charge in [-0.25, -0.2) is 0 Å². The van der Waals surface area contributed by atoms with Crippen molar-refractivity contribution in [1.29, 1.82) is 0 Å². The Morgan fingerprint density at radius 3 is 2.76 bits per heavy atom. The molecule has 3 rings (SSSR count). The van der Waals surface area contributed by atoms with E-state index in [1.165, 1.54) is 11.8 Å². The number of nitrogens with zero attached hydrogens (tertiary/aromatic N) is 5. The molecule has 0 atom stereocenters. The first-order chi connectivity index (χ1) is 10.2. The Morgan fingerprint density at radius 1 is 1.19 bits per heavy atom. The van der Waals surface area contributed by atoms with Crippen LogP contribution in [-0.4, -0.2) is 30.3 Å². The zero-order valence-corrected chi connectivity index (χ0v) is 12.3. The zero-order chi connectivity index (χ0) is 14.7. The van der Waals surface area contributed by atoms with E-state index in [0.717, 1.165) is 11.4 Å². The lowest BCUT2D eigenvalue weighted by molar-refractivity contribution is 0.475. The van der Waals surface area contributed by atoms with Gasteiger partial charge >= 0.3 is 0 Å². The van der Waals surface area contributed by atoms with Crippen LogP contribution in [0.2, 0.25) is 5.02 Å². The number of tetrazole rings is 1. The zero-order valence-electron chi connectivity index (χ0n) is 10.7. The summed E-state index contributed by atoms with van der Waals surface area (Å²) in [6, 6.07) is 10.2. The number of pyridine rings is 1. The number of phenolic OH excluding ortho intramolecular Hbond substituents is 1. The van der Waals surface area contributed by atoms with Gasteiger partial charge in [0.25, 0.3) is 0 Å². The van der Waals surface area contributed by atoms with Crippen molar-refractivity contribution in [2.45, 2.75) is 10.9 Å². The molecular weight excluding hydrogens is 310 g/mol. The lowest BCUT2D eigenvalue weighted by atomic mass is 10.3. The van der Waals surface area contributed by atoms with Gasteiger partial charge in [-0.1, -0.05) is 23.4 Å². The standard InChI is InChI=1S/C13H10ClN5OS/c14-9-5-6-15-10(7-9)8-21-13-16-17-18-19(13)11-1-3-12(20)4-2-11/h1-7,20H,8H2. The van der Waals surface area contributed by atoms with Gasteiger partial charge in [0.15, 0.2) is 0 Å². The molecule has 8 heteroatoms.